The number of H-pyrrole nitrogens is 1. The van der Waals surface area contributed by atoms with Gasteiger partial charge in [-0.1, -0.05) is 0 Å². The highest BCUT2D eigenvalue weighted by Gasteiger charge is 2.02. The number of aromatic amines is 1. The molecule has 0 unspecified atom stereocenters. The lowest BCUT2D eigenvalue weighted by Gasteiger charge is -2.03. The number of ether oxygens (including phenoxy) is 1. The van der Waals surface area contributed by atoms with Gasteiger partial charge in [0, 0.05) is 29.5 Å². The van der Waals surface area contributed by atoms with Crippen molar-refractivity contribution in [1.82, 2.24) is 15.0 Å². The molecule has 0 spiro atoms. The topological polar surface area (TPSA) is 50.8 Å². The second kappa shape index (κ2) is 4.18. The molecule has 0 aliphatic rings. The quantitative estimate of drug-likeness (QED) is 0.785. The monoisotopic (exact) mass is 289 g/mol. The molecule has 0 saturated carbocycles. The Morgan fingerprint density at radius 2 is 1.94 bits per heavy atom. The van der Waals surface area contributed by atoms with Gasteiger partial charge in [0.25, 0.3) is 0 Å². The van der Waals surface area contributed by atoms with Crippen LogP contribution in [0.2, 0.25) is 0 Å². The molecule has 0 aliphatic heterocycles. The summed E-state index contributed by atoms with van der Waals surface area (Å²) in [4.78, 5) is 11.2. The Labute approximate surface area is 106 Å². The van der Waals surface area contributed by atoms with E-state index >= 15 is 0 Å². The van der Waals surface area contributed by atoms with Gasteiger partial charge in [-0.05, 0) is 40.2 Å². The summed E-state index contributed by atoms with van der Waals surface area (Å²) in [5.41, 5.74) is 1.08. The molecule has 4 nitrogen and oxygen atoms in total. The first-order valence-electron chi connectivity index (χ1n) is 5.04. The van der Waals surface area contributed by atoms with Crippen LogP contribution in [0.1, 0.15) is 0 Å². The molecule has 5 heteroatoms. The molecular formula is C12H8BrN3O. The van der Waals surface area contributed by atoms with E-state index in [1.165, 1.54) is 0 Å². The molecule has 0 radical (unpaired) electrons. The molecule has 1 aromatic carbocycles. The van der Waals surface area contributed by atoms with E-state index in [9.17, 15) is 0 Å². The fourth-order valence-electron chi connectivity index (χ4n) is 1.55. The van der Waals surface area contributed by atoms with Crippen LogP contribution in [0.15, 0.2) is 47.3 Å². The number of rotatable bonds is 2. The first kappa shape index (κ1) is 10.3. The molecule has 17 heavy (non-hydrogen) atoms. The minimum absolute atomic E-state index is 0.336. The average Bonchev–Trinajstić information content (AvgIpc) is 2.79. The number of nitrogens with zero attached hydrogens (tertiary/aromatic N) is 2. The number of fused-ring (bicyclic) bond motifs is 1. The molecule has 0 amide bonds. The van der Waals surface area contributed by atoms with Gasteiger partial charge < -0.3 is 9.72 Å². The molecule has 2 aromatic heterocycles. The van der Waals surface area contributed by atoms with E-state index in [1.54, 1.807) is 12.4 Å². The summed E-state index contributed by atoms with van der Waals surface area (Å²) in [6, 6.07) is 8.11. The smallest absolute Gasteiger partial charge is 0.321 e. The van der Waals surface area contributed by atoms with Gasteiger partial charge in [-0.3, -0.25) is 0 Å². The normalized spacial score (nSPS) is 10.6. The molecule has 0 saturated heterocycles. The van der Waals surface area contributed by atoms with E-state index in [4.69, 9.17) is 4.74 Å². The van der Waals surface area contributed by atoms with E-state index < -0.39 is 0 Å². The molecule has 0 fully saturated rings. The summed E-state index contributed by atoms with van der Waals surface area (Å²) >= 11 is 3.27. The third-order valence-electron chi connectivity index (χ3n) is 2.33. The van der Waals surface area contributed by atoms with Gasteiger partial charge in [-0.25, -0.2) is 9.97 Å². The molecular weight excluding hydrogens is 282 g/mol. The van der Waals surface area contributed by atoms with Crippen LogP contribution in [0.5, 0.6) is 11.8 Å². The van der Waals surface area contributed by atoms with Crippen LogP contribution >= 0.6 is 15.9 Å². The van der Waals surface area contributed by atoms with Gasteiger partial charge >= 0.3 is 6.01 Å². The summed E-state index contributed by atoms with van der Waals surface area (Å²) in [7, 11) is 0. The second-order valence-electron chi connectivity index (χ2n) is 3.51. The van der Waals surface area contributed by atoms with Crippen LogP contribution in [0.4, 0.5) is 0 Å². The van der Waals surface area contributed by atoms with Crippen LogP contribution in [-0.2, 0) is 0 Å². The zero-order chi connectivity index (χ0) is 11.7. The highest BCUT2D eigenvalue weighted by atomic mass is 79.9. The van der Waals surface area contributed by atoms with Crippen LogP contribution in [0, 0.1) is 0 Å². The number of hydrogen-bond donors (Lipinski definition) is 1. The fraction of sp³-hybridized carbons (Fsp3) is 0. The Balaban J connectivity index is 1.91. The van der Waals surface area contributed by atoms with E-state index in [-0.39, 0.29) is 0 Å². The van der Waals surface area contributed by atoms with Gasteiger partial charge in [0.15, 0.2) is 0 Å². The van der Waals surface area contributed by atoms with Crippen molar-refractivity contribution in [3.05, 3.63) is 47.3 Å². The number of aromatic nitrogens is 3. The van der Waals surface area contributed by atoms with Crippen LogP contribution < -0.4 is 4.74 Å². The standard InChI is InChI=1S/C12H8BrN3O/c13-9-6-15-12(16-7-9)17-10-1-2-11-8(5-10)3-4-14-11/h1-7,14H. The zero-order valence-electron chi connectivity index (χ0n) is 8.72. The Morgan fingerprint density at radius 3 is 2.76 bits per heavy atom. The highest BCUT2D eigenvalue weighted by molar-refractivity contribution is 9.10. The molecule has 3 rings (SSSR count). The van der Waals surface area contributed by atoms with Crippen molar-refractivity contribution in [3.63, 3.8) is 0 Å². The van der Waals surface area contributed by atoms with E-state index in [2.05, 4.69) is 30.9 Å². The minimum atomic E-state index is 0.336. The lowest BCUT2D eigenvalue weighted by atomic mass is 10.2. The van der Waals surface area contributed by atoms with Crippen LogP contribution in [0.25, 0.3) is 10.9 Å². The lowest BCUT2D eigenvalue weighted by molar-refractivity contribution is 0.442. The van der Waals surface area contributed by atoms with Crippen molar-refractivity contribution in [3.8, 4) is 11.8 Å². The van der Waals surface area contributed by atoms with Crippen LogP contribution in [0.3, 0.4) is 0 Å². The van der Waals surface area contributed by atoms with Crippen molar-refractivity contribution in [2.45, 2.75) is 0 Å². The largest absolute Gasteiger partial charge is 0.424 e. The zero-order valence-corrected chi connectivity index (χ0v) is 10.3. The molecule has 0 bridgehead atoms. The average molecular weight is 290 g/mol. The van der Waals surface area contributed by atoms with Gasteiger partial charge in [-0.15, -0.1) is 0 Å². The maximum absolute atomic E-state index is 5.55. The Morgan fingerprint density at radius 1 is 1.12 bits per heavy atom. The number of benzene rings is 1. The molecule has 2 heterocycles. The summed E-state index contributed by atoms with van der Waals surface area (Å²) in [5.74, 6) is 0.722. The van der Waals surface area contributed by atoms with Crippen molar-refractivity contribution in [2.75, 3.05) is 0 Å². The second-order valence-corrected chi connectivity index (χ2v) is 4.43. The van der Waals surface area contributed by atoms with Gasteiger partial charge in [-0.2, -0.15) is 0 Å². The Kier molecular flexibility index (Phi) is 2.53. The maximum atomic E-state index is 5.55. The van der Waals surface area contributed by atoms with E-state index in [1.807, 2.05) is 30.5 Å². The molecule has 1 N–H and O–H groups in total. The van der Waals surface area contributed by atoms with Gasteiger partial charge in [0.2, 0.25) is 0 Å². The lowest BCUT2D eigenvalue weighted by Crippen LogP contribution is -1.90. The third kappa shape index (κ3) is 2.14. The first-order valence-corrected chi connectivity index (χ1v) is 5.83. The summed E-state index contributed by atoms with van der Waals surface area (Å²) in [6.07, 6.45) is 5.19. The summed E-state index contributed by atoms with van der Waals surface area (Å²) < 4.78 is 6.38. The predicted molar refractivity (Wildman–Crippen MR) is 68.1 cm³/mol. The van der Waals surface area contributed by atoms with Crippen LogP contribution in [-0.4, -0.2) is 15.0 Å². The number of halogens is 1. The van der Waals surface area contributed by atoms with E-state index in [0.717, 1.165) is 21.1 Å². The number of nitrogens with one attached hydrogen (secondary N) is 1. The van der Waals surface area contributed by atoms with Crippen molar-refractivity contribution < 1.29 is 4.74 Å². The fourth-order valence-corrected chi connectivity index (χ4v) is 1.76. The maximum Gasteiger partial charge on any atom is 0.321 e. The summed E-state index contributed by atoms with van der Waals surface area (Å²) in [6.45, 7) is 0. The van der Waals surface area contributed by atoms with Crippen molar-refractivity contribution in [2.24, 2.45) is 0 Å². The van der Waals surface area contributed by atoms with Gasteiger partial charge in [0.05, 0.1) is 4.47 Å². The molecule has 3 aromatic rings. The predicted octanol–water partition coefficient (Wildman–Crippen LogP) is 3.51. The Hall–Kier alpha value is -1.88. The van der Waals surface area contributed by atoms with Crippen molar-refractivity contribution >= 4 is 26.8 Å². The van der Waals surface area contributed by atoms with Crippen molar-refractivity contribution in [1.29, 1.82) is 0 Å². The third-order valence-corrected chi connectivity index (χ3v) is 2.74. The molecule has 84 valence electrons. The van der Waals surface area contributed by atoms with E-state index in [0.29, 0.717) is 6.01 Å². The molecule has 0 aliphatic carbocycles. The van der Waals surface area contributed by atoms with Gasteiger partial charge in [0.1, 0.15) is 5.75 Å². The highest BCUT2D eigenvalue weighted by Crippen LogP contribution is 2.23. The SMILES string of the molecule is Brc1cnc(Oc2ccc3[nH]ccc3c2)nc1. The number of hydrogen-bond acceptors (Lipinski definition) is 3. The summed E-state index contributed by atoms with van der Waals surface area (Å²) in [5, 5.41) is 1.10. The molecule has 0 atom stereocenters. The first-order chi connectivity index (χ1) is 8.31. The minimum Gasteiger partial charge on any atom is -0.424 e. The Bertz CT molecular complexity index is 648.